The van der Waals surface area contributed by atoms with Crippen molar-refractivity contribution in [2.45, 2.75) is 31.1 Å². The van der Waals surface area contributed by atoms with Gasteiger partial charge in [-0.15, -0.1) is 0 Å². The Balaban J connectivity index is 1.78. The van der Waals surface area contributed by atoms with Crippen LogP contribution in [-0.2, 0) is 10.0 Å². The quantitative estimate of drug-likeness (QED) is 0.613. The minimum Gasteiger partial charge on any atom is -0.267 e. The number of amides is 1. The van der Waals surface area contributed by atoms with E-state index < -0.39 is 15.9 Å². The molecule has 27 heavy (non-hydrogen) atoms. The van der Waals surface area contributed by atoms with E-state index in [2.05, 4.69) is 10.5 Å². The normalized spacial score (nSPS) is 15.7. The summed E-state index contributed by atoms with van der Waals surface area (Å²) in [6.07, 6.45) is 2.40. The van der Waals surface area contributed by atoms with Crippen molar-refractivity contribution < 1.29 is 13.2 Å². The molecule has 0 atom stereocenters. The smallest absolute Gasteiger partial charge is 0.267 e. The molecule has 7 heteroatoms. The van der Waals surface area contributed by atoms with Gasteiger partial charge < -0.3 is 0 Å². The number of hydrazone groups is 1. The van der Waals surface area contributed by atoms with Crippen LogP contribution in [0.1, 0.15) is 42.1 Å². The zero-order valence-corrected chi connectivity index (χ0v) is 16.1. The lowest BCUT2D eigenvalue weighted by Gasteiger charge is -2.15. The molecule has 2 aromatic carbocycles. The third-order valence-corrected chi connectivity index (χ3v) is 6.43. The molecule has 1 fully saturated rings. The molecular formula is C20H23N3O3S. The van der Waals surface area contributed by atoms with Crippen molar-refractivity contribution in [3.63, 3.8) is 0 Å². The summed E-state index contributed by atoms with van der Waals surface area (Å²) < 4.78 is 26.8. The van der Waals surface area contributed by atoms with Gasteiger partial charge in [0.2, 0.25) is 10.0 Å². The largest absolute Gasteiger partial charge is 0.271 e. The van der Waals surface area contributed by atoms with Gasteiger partial charge >= 0.3 is 0 Å². The Morgan fingerprint density at radius 3 is 2.37 bits per heavy atom. The molecule has 0 aromatic heterocycles. The molecule has 0 radical (unpaired) electrons. The van der Waals surface area contributed by atoms with E-state index in [1.807, 2.05) is 37.3 Å². The molecule has 0 spiro atoms. The molecule has 6 nitrogen and oxygen atoms in total. The highest BCUT2D eigenvalue weighted by Gasteiger charge is 2.27. The average molecular weight is 385 g/mol. The predicted octanol–water partition coefficient (Wildman–Crippen LogP) is 3.02. The van der Waals surface area contributed by atoms with Crippen molar-refractivity contribution in [2.24, 2.45) is 5.10 Å². The lowest BCUT2D eigenvalue weighted by Crippen LogP contribution is -2.28. The number of nitrogens with one attached hydrogen (secondary N) is 1. The van der Waals surface area contributed by atoms with Crippen molar-refractivity contribution in [3.05, 3.63) is 65.7 Å². The molecule has 1 saturated heterocycles. The summed E-state index contributed by atoms with van der Waals surface area (Å²) in [5, 5.41) is 4.22. The zero-order chi connectivity index (χ0) is 19.3. The lowest BCUT2D eigenvalue weighted by atomic mass is 10.1. The van der Waals surface area contributed by atoms with Gasteiger partial charge in [-0.3, -0.25) is 4.79 Å². The monoisotopic (exact) mass is 385 g/mol. The number of nitrogens with zero attached hydrogens (tertiary/aromatic N) is 2. The highest BCUT2D eigenvalue weighted by atomic mass is 32.2. The van der Waals surface area contributed by atoms with Crippen LogP contribution >= 0.6 is 0 Å². The van der Waals surface area contributed by atoms with Crippen molar-refractivity contribution in [2.75, 3.05) is 13.1 Å². The molecule has 2 aromatic rings. The fourth-order valence-corrected chi connectivity index (χ4v) is 4.60. The van der Waals surface area contributed by atoms with Gasteiger partial charge in [-0.1, -0.05) is 43.3 Å². The summed E-state index contributed by atoms with van der Waals surface area (Å²) >= 11 is 0. The maximum Gasteiger partial charge on any atom is 0.271 e. The Bertz CT molecular complexity index is 934. The van der Waals surface area contributed by atoms with Crippen LogP contribution in [0.25, 0.3) is 0 Å². The van der Waals surface area contributed by atoms with Crippen LogP contribution in [0, 0.1) is 0 Å². The minimum absolute atomic E-state index is 0.139. The van der Waals surface area contributed by atoms with Crippen LogP contribution in [0.15, 0.2) is 64.6 Å². The first-order valence-electron chi connectivity index (χ1n) is 9.05. The third kappa shape index (κ3) is 4.43. The summed E-state index contributed by atoms with van der Waals surface area (Å²) in [5.41, 5.74) is 4.49. The van der Waals surface area contributed by atoms with E-state index in [0.717, 1.165) is 24.1 Å². The number of sulfonamides is 1. The van der Waals surface area contributed by atoms with Crippen molar-refractivity contribution in [1.29, 1.82) is 0 Å². The van der Waals surface area contributed by atoms with E-state index in [0.29, 0.717) is 19.5 Å². The second-order valence-electron chi connectivity index (χ2n) is 6.36. The highest BCUT2D eigenvalue weighted by Crippen LogP contribution is 2.21. The van der Waals surface area contributed by atoms with E-state index in [9.17, 15) is 13.2 Å². The molecule has 1 amide bonds. The SMILES string of the molecule is CC/C(=N/NC(=O)c1cccc(S(=O)(=O)N2CCCC2)c1)c1ccccc1. The summed E-state index contributed by atoms with van der Waals surface area (Å²) in [7, 11) is -3.56. The second kappa shape index (κ2) is 8.45. The van der Waals surface area contributed by atoms with Crippen LogP contribution in [0.4, 0.5) is 0 Å². The first kappa shape index (κ1) is 19.3. The van der Waals surface area contributed by atoms with Gasteiger partial charge in [-0.2, -0.15) is 9.41 Å². The molecule has 1 heterocycles. The summed E-state index contributed by atoms with van der Waals surface area (Å²) in [6.45, 7) is 3.02. The van der Waals surface area contributed by atoms with Crippen LogP contribution in [0.3, 0.4) is 0 Å². The van der Waals surface area contributed by atoms with Gasteiger partial charge in [0.15, 0.2) is 0 Å². The van der Waals surface area contributed by atoms with Crippen molar-refractivity contribution in [3.8, 4) is 0 Å². The Morgan fingerprint density at radius 2 is 1.70 bits per heavy atom. The number of hydrogen-bond acceptors (Lipinski definition) is 4. The van der Waals surface area contributed by atoms with Crippen LogP contribution < -0.4 is 5.43 Å². The predicted molar refractivity (Wildman–Crippen MR) is 105 cm³/mol. The third-order valence-electron chi connectivity index (χ3n) is 4.53. The maximum atomic E-state index is 12.7. The molecule has 3 rings (SSSR count). The second-order valence-corrected chi connectivity index (χ2v) is 8.30. The Labute approximate surface area is 159 Å². The van der Waals surface area contributed by atoms with Crippen LogP contribution in [-0.4, -0.2) is 37.4 Å². The summed E-state index contributed by atoms with van der Waals surface area (Å²) in [6, 6.07) is 15.7. The first-order chi connectivity index (χ1) is 13.0. The van der Waals surface area contributed by atoms with Gasteiger partial charge in [0.25, 0.3) is 5.91 Å². The number of carbonyl (C=O) groups is 1. The molecule has 0 saturated carbocycles. The highest BCUT2D eigenvalue weighted by molar-refractivity contribution is 7.89. The summed E-state index contributed by atoms with van der Waals surface area (Å²) in [5.74, 6) is -0.435. The van der Waals surface area contributed by atoms with Gasteiger partial charge in [-0.05, 0) is 43.0 Å². The topological polar surface area (TPSA) is 78.8 Å². The van der Waals surface area contributed by atoms with E-state index in [4.69, 9.17) is 0 Å². The molecule has 0 aliphatic carbocycles. The van der Waals surface area contributed by atoms with E-state index in [1.54, 1.807) is 12.1 Å². The standard InChI is InChI=1S/C20H23N3O3S/c1-2-19(16-9-4-3-5-10-16)21-22-20(24)17-11-8-12-18(15-17)27(25,26)23-13-6-7-14-23/h3-5,8-12,15H,2,6-7,13-14H2,1H3,(H,22,24)/b21-19-. The van der Waals surface area contributed by atoms with E-state index >= 15 is 0 Å². The van der Waals surface area contributed by atoms with Gasteiger partial charge in [0.1, 0.15) is 0 Å². The Hall–Kier alpha value is -2.51. The number of rotatable bonds is 6. The van der Waals surface area contributed by atoms with Crippen molar-refractivity contribution >= 4 is 21.6 Å². The maximum absolute atomic E-state index is 12.7. The molecule has 1 aliphatic rings. The number of benzene rings is 2. The van der Waals surface area contributed by atoms with Gasteiger partial charge in [0.05, 0.1) is 10.6 Å². The van der Waals surface area contributed by atoms with Crippen LogP contribution in [0.5, 0.6) is 0 Å². The van der Waals surface area contributed by atoms with E-state index in [1.165, 1.54) is 16.4 Å². The first-order valence-corrected chi connectivity index (χ1v) is 10.5. The summed E-state index contributed by atoms with van der Waals surface area (Å²) in [4.78, 5) is 12.6. The fraction of sp³-hybridized carbons (Fsp3) is 0.300. The molecule has 0 bridgehead atoms. The van der Waals surface area contributed by atoms with Crippen LogP contribution in [0.2, 0.25) is 0 Å². The molecule has 142 valence electrons. The van der Waals surface area contributed by atoms with Crippen molar-refractivity contribution in [1.82, 2.24) is 9.73 Å². The number of carbonyl (C=O) groups excluding carboxylic acids is 1. The minimum atomic E-state index is -3.56. The van der Waals surface area contributed by atoms with E-state index in [-0.39, 0.29) is 10.5 Å². The number of hydrogen-bond donors (Lipinski definition) is 1. The molecule has 0 unspecified atom stereocenters. The fourth-order valence-electron chi connectivity index (χ4n) is 3.04. The molecular weight excluding hydrogens is 362 g/mol. The average Bonchev–Trinajstić information content (AvgIpc) is 3.25. The molecule has 1 aliphatic heterocycles. The Morgan fingerprint density at radius 1 is 1.04 bits per heavy atom. The Kier molecular flexibility index (Phi) is 6.03. The molecule has 1 N–H and O–H groups in total. The lowest BCUT2D eigenvalue weighted by molar-refractivity contribution is 0.0954. The zero-order valence-electron chi connectivity index (χ0n) is 15.3. The van der Waals surface area contributed by atoms with Gasteiger partial charge in [-0.25, -0.2) is 13.8 Å². The van der Waals surface area contributed by atoms with Gasteiger partial charge in [0, 0.05) is 18.7 Å².